The number of anilines is 3. The van der Waals surface area contributed by atoms with Gasteiger partial charge in [-0.05, 0) is 12.5 Å². The fourth-order valence-corrected chi connectivity index (χ4v) is 3.48. The number of benzene rings is 1. The lowest BCUT2D eigenvalue weighted by atomic mass is 10.2. The Bertz CT molecular complexity index is 1030. The Morgan fingerprint density at radius 1 is 1.16 bits per heavy atom. The summed E-state index contributed by atoms with van der Waals surface area (Å²) in [4.78, 5) is 11.1. The van der Waals surface area contributed by atoms with Gasteiger partial charge in [-0.1, -0.05) is 18.2 Å². The van der Waals surface area contributed by atoms with Crippen LogP contribution in [0.5, 0.6) is 0 Å². The van der Waals surface area contributed by atoms with Gasteiger partial charge in [0.05, 0.1) is 30.7 Å². The summed E-state index contributed by atoms with van der Waals surface area (Å²) in [6.07, 6.45) is 7.38. The van der Waals surface area contributed by atoms with Crippen LogP contribution < -0.4 is 10.6 Å². The van der Waals surface area contributed by atoms with Gasteiger partial charge in [0.1, 0.15) is 11.6 Å². The number of rotatable bonds is 10. The normalized spacial score (nSPS) is 14.3. The summed E-state index contributed by atoms with van der Waals surface area (Å²) in [5.41, 5.74) is 1.82. The third kappa shape index (κ3) is 5.86. The van der Waals surface area contributed by atoms with Gasteiger partial charge in [0.25, 0.3) is 0 Å². The maximum Gasteiger partial charge on any atom is 0.229 e. The Morgan fingerprint density at radius 2 is 2.00 bits per heavy atom. The molecule has 0 spiro atoms. The van der Waals surface area contributed by atoms with Crippen molar-refractivity contribution < 1.29 is 9.13 Å². The van der Waals surface area contributed by atoms with Crippen molar-refractivity contribution in [2.75, 3.05) is 43.5 Å². The van der Waals surface area contributed by atoms with E-state index < -0.39 is 0 Å². The molecule has 1 aromatic carbocycles. The lowest BCUT2D eigenvalue weighted by molar-refractivity contribution is 0.0368. The Balaban J connectivity index is 1.34. The van der Waals surface area contributed by atoms with Gasteiger partial charge in [-0.2, -0.15) is 10.1 Å². The molecule has 0 radical (unpaired) electrons. The topological polar surface area (TPSA) is 104 Å². The highest BCUT2D eigenvalue weighted by atomic mass is 19.1. The predicted octanol–water partition coefficient (Wildman–Crippen LogP) is 2.89. The molecular formula is C22H27FN8O. The number of hydrogen-bond acceptors (Lipinski definition) is 8. The molecule has 0 unspecified atom stereocenters. The van der Waals surface area contributed by atoms with Crippen molar-refractivity contribution in [1.29, 1.82) is 5.41 Å². The summed E-state index contributed by atoms with van der Waals surface area (Å²) < 4.78 is 21.2. The number of ether oxygens (including phenoxy) is 1. The Hall–Kier alpha value is -3.37. The molecule has 1 saturated heterocycles. The molecule has 168 valence electrons. The van der Waals surface area contributed by atoms with Crippen LogP contribution in [-0.2, 0) is 17.8 Å². The molecule has 9 nitrogen and oxygen atoms in total. The zero-order valence-corrected chi connectivity index (χ0v) is 17.8. The van der Waals surface area contributed by atoms with Crippen LogP contribution >= 0.6 is 0 Å². The second kappa shape index (κ2) is 10.8. The first-order valence-corrected chi connectivity index (χ1v) is 10.7. The molecule has 2 aromatic heterocycles. The average molecular weight is 439 g/mol. The summed E-state index contributed by atoms with van der Waals surface area (Å²) in [5, 5.41) is 18.2. The molecule has 0 aliphatic carbocycles. The van der Waals surface area contributed by atoms with Crippen LogP contribution in [0.1, 0.15) is 17.5 Å². The fourth-order valence-electron chi connectivity index (χ4n) is 3.48. The van der Waals surface area contributed by atoms with Gasteiger partial charge in [0, 0.05) is 56.9 Å². The number of aromatic nitrogens is 4. The highest BCUT2D eigenvalue weighted by molar-refractivity contribution is 5.84. The number of halogens is 1. The second-order valence-electron chi connectivity index (χ2n) is 7.51. The van der Waals surface area contributed by atoms with Crippen LogP contribution in [0.3, 0.4) is 0 Å². The van der Waals surface area contributed by atoms with Gasteiger partial charge in [-0.3, -0.25) is 9.58 Å². The first-order valence-electron chi connectivity index (χ1n) is 10.7. The van der Waals surface area contributed by atoms with Gasteiger partial charge in [0.2, 0.25) is 5.95 Å². The fraction of sp³-hybridized carbons (Fsp3) is 0.364. The van der Waals surface area contributed by atoms with E-state index in [9.17, 15) is 4.39 Å². The van der Waals surface area contributed by atoms with Crippen molar-refractivity contribution in [3.63, 3.8) is 0 Å². The molecule has 1 aliphatic rings. The van der Waals surface area contributed by atoms with Gasteiger partial charge in [-0.25, -0.2) is 9.37 Å². The highest BCUT2D eigenvalue weighted by Gasteiger charge is 2.11. The monoisotopic (exact) mass is 438 g/mol. The lowest BCUT2D eigenvalue weighted by Crippen LogP contribution is -2.37. The van der Waals surface area contributed by atoms with Gasteiger partial charge in [-0.15, -0.1) is 0 Å². The van der Waals surface area contributed by atoms with E-state index in [1.165, 1.54) is 12.3 Å². The summed E-state index contributed by atoms with van der Waals surface area (Å²) in [6.45, 7) is 5.70. The minimum atomic E-state index is -0.287. The number of morpholine rings is 1. The molecule has 1 fully saturated rings. The zero-order chi connectivity index (χ0) is 22.2. The highest BCUT2D eigenvalue weighted by Crippen LogP contribution is 2.18. The van der Waals surface area contributed by atoms with Gasteiger partial charge < -0.3 is 20.8 Å². The van der Waals surface area contributed by atoms with E-state index in [4.69, 9.17) is 10.1 Å². The minimum absolute atomic E-state index is 0.255. The van der Waals surface area contributed by atoms with E-state index in [2.05, 4.69) is 30.6 Å². The van der Waals surface area contributed by atoms with Crippen LogP contribution in [0.2, 0.25) is 0 Å². The summed E-state index contributed by atoms with van der Waals surface area (Å²) in [7, 11) is 0. The maximum absolute atomic E-state index is 13.9. The average Bonchev–Trinajstić information content (AvgIpc) is 3.26. The van der Waals surface area contributed by atoms with Gasteiger partial charge in [0.15, 0.2) is 0 Å². The molecule has 32 heavy (non-hydrogen) atoms. The third-order valence-corrected chi connectivity index (χ3v) is 5.23. The van der Waals surface area contributed by atoms with Gasteiger partial charge >= 0.3 is 0 Å². The zero-order valence-electron chi connectivity index (χ0n) is 17.8. The first-order chi connectivity index (χ1) is 15.7. The summed E-state index contributed by atoms with van der Waals surface area (Å²) in [5.74, 6) is 0.544. The number of aryl methyl sites for hydroxylation is 1. The summed E-state index contributed by atoms with van der Waals surface area (Å²) in [6, 6.07) is 6.56. The molecule has 10 heteroatoms. The second-order valence-corrected chi connectivity index (χ2v) is 7.51. The standard InChI is InChI=1S/C22H27FN8O/c23-20-5-2-1-4-17(20)13-25-21-18(12-24)14-26-22(29-21)28-19-15-27-31(16-19)7-3-6-30-8-10-32-11-9-30/h1-2,4-5,12,14-16,24H,3,6-11,13H2,(H2,25,26,28,29). The Kier molecular flexibility index (Phi) is 7.36. The molecule has 4 rings (SSSR count). The van der Waals surface area contributed by atoms with E-state index in [0.29, 0.717) is 22.9 Å². The largest absolute Gasteiger partial charge is 0.379 e. The molecule has 0 bridgehead atoms. The van der Waals surface area contributed by atoms with Crippen molar-refractivity contribution in [3.05, 3.63) is 59.8 Å². The van der Waals surface area contributed by atoms with Crippen molar-refractivity contribution >= 4 is 23.7 Å². The lowest BCUT2D eigenvalue weighted by Gasteiger charge is -2.26. The number of hydrogen-bond donors (Lipinski definition) is 3. The Labute approximate surface area is 186 Å². The maximum atomic E-state index is 13.9. The minimum Gasteiger partial charge on any atom is -0.379 e. The van der Waals surface area contributed by atoms with E-state index in [0.717, 1.165) is 51.5 Å². The van der Waals surface area contributed by atoms with Crippen LogP contribution in [0.25, 0.3) is 0 Å². The van der Waals surface area contributed by atoms with Crippen LogP contribution in [0.15, 0.2) is 42.9 Å². The molecular weight excluding hydrogens is 411 g/mol. The Morgan fingerprint density at radius 3 is 2.81 bits per heavy atom. The van der Waals surface area contributed by atoms with E-state index >= 15 is 0 Å². The van der Waals surface area contributed by atoms with E-state index in [-0.39, 0.29) is 12.4 Å². The first kappa shape index (κ1) is 21.8. The van der Waals surface area contributed by atoms with E-state index in [1.807, 2.05) is 10.9 Å². The van der Waals surface area contributed by atoms with Crippen molar-refractivity contribution in [2.45, 2.75) is 19.5 Å². The van der Waals surface area contributed by atoms with Crippen LogP contribution in [0.4, 0.5) is 21.8 Å². The quantitative estimate of drug-likeness (QED) is 0.418. The van der Waals surface area contributed by atoms with Crippen molar-refractivity contribution in [2.24, 2.45) is 0 Å². The number of nitrogens with one attached hydrogen (secondary N) is 3. The SMILES string of the molecule is N=Cc1cnc(Nc2cnn(CCCN3CCOCC3)c2)nc1NCc1ccccc1F. The third-order valence-electron chi connectivity index (χ3n) is 5.23. The van der Waals surface area contributed by atoms with E-state index in [1.54, 1.807) is 30.6 Å². The summed E-state index contributed by atoms with van der Waals surface area (Å²) >= 11 is 0. The van der Waals surface area contributed by atoms with Crippen molar-refractivity contribution in [1.82, 2.24) is 24.6 Å². The molecule has 3 N–H and O–H groups in total. The molecule has 0 saturated carbocycles. The molecule has 0 atom stereocenters. The van der Waals surface area contributed by atoms with Crippen molar-refractivity contribution in [3.8, 4) is 0 Å². The number of nitrogens with zero attached hydrogens (tertiary/aromatic N) is 5. The smallest absolute Gasteiger partial charge is 0.229 e. The molecule has 0 amide bonds. The molecule has 3 heterocycles. The van der Waals surface area contributed by atoms with Crippen LogP contribution in [0, 0.1) is 11.2 Å². The predicted molar refractivity (Wildman–Crippen MR) is 121 cm³/mol. The molecule has 1 aliphatic heterocycles. The molecule has 3 aromatic rings. The van der Waals surface area contributed by atoms with Crippen LogP contribution in [-0.4, -0.2) is 63.7 Å².